The smallest absolute Gasteiger partial charge is 0.313 e. The first-order chi connectivity index (χ1) is 6.89. The molecule has 0 spiro atoms. The first-order valence-electron chi connectivity index (χ1n) is 4.00. The summed E-state index contributed by atoms with van der Waals surface area (Å²) in [6.07, 6.45) is 12.1. The molecule has 0 atom stereocenters. The van der Waals surface area contributed by atoms with Crippen LogP contribution in [0.5, 0.6) is 0 Å². The number of rotatable bonds is 0. The van der Waals surface area contributed by atoms with Crippen molar-refractivity contribution < 1.29 is 0 Å². The fourth-order valence-electron chi connectivity index (χ4n) is 0.652. The normalized spacial score (nSPS) is 12.3. The molecule has 0 radical (unpaired) electrons. The Kier molecular flexibility index (Phi) is 4.50. The number of nitrogens with zero attached hydrogens (tertiary/aromatic N) is 2. The van der Waals surface area contributed by atoms with E-state index in [1.54, 1.807) is 18.5 Å². The lowest BCUT2D eigenvalue weighted by Gasteiger charge is -1.78. The van der Waals surface area contributed by atoms with E-state index in [1.165, 1.54) is 12.4 Å². The van der Waals surface area contributed by atoms with Crippen molar-refractivity contribution in [2.24, 2.45) is 5.10 Å². The van der Waals surface area contributed by atoms with Crippen LogP contribution in [0.4, 0.5) is 0 Å². The molecule has 0 aromatic carbocycles. The molecule has 2 rings (SSSR count). The predicted octanol–water partition coefficient (Wildman–Crippen LogP) is 0.415. The van der Waals surface area contributed by atoms with Gasteiger partial charge in [-0.25, -0.2) is 9.78 Å². The van der Waals surface area contributed by atoms with Gasteiger partial charge in [0.2, 0.25) is 0 Å². The summed E-state index contributed by atoms with van der Waals surface area (Å²) in [4.78, 5) is 15.8. The van der Waals surface area contributed by atoms with Gasteiger partial charge in [0, 0.05) is 24.8 Å². The van der Waals surface area contributed by atoms with Gasteiger partial charge in [0.05, 0.1) is 0 Å². The van der Waals surface area contributed by atoms with Gasteiger partial charge >= 0.3 is 5.69 Å². The van der Waals surface area contributed by atoms with E-state index in [4.69, 9.17) is 0 Å². The number of nitrogens with one attached hydrogen (secondary N) is 2. The quantitative estimate of drug-likeness (QED) is 0.622. The monoisotopic (exact) mass is 190 g/mol. The van der Waals surface area contributed by atoms with Gasteiger partial charge in [0.1, 0.15) is 0 Å². The van der Waals surface area contributed by atoms with Crippen molar-refractivity contribution in [3.8, 4) is 0 Å². The lowest BCUT2D eigenvalue weighted by Crippen LogP contribution is -2.05. The van der Waals surface area contributed by atoms with Crippen LogP contribution in [-0.2, 0) is 0 Å². The molecular weight excluding hydrogens is 180 g/mol. The molecule has 0 aliphatic carbocycles. The fraction of sp³-hybridized carbons (Fsp3) is 0. The van der Waals surface area contributed by atoms with Crippen LogP contribution in [-0.4, -0.2) is 16.2 Å². The third-order valence-electron chi connectivity index (χ3n) is 1.21. The average Bonchev–Trinajstić information content (AvgIpc) is 2.51. The second-order valence-electron chi connectivity index (χ2n) is 2.24. The molecule has 2 N–H and O–H groups in total. The lowest BCUT2D eigenvalue weighted by atomic mass is 10.5. The molecule has 14 heavy (non-hydrogen) atoms. The molecule has 5 nitrogen and oxygen atoms in total. The van der Waals surface area contributed by atoms with Gasteiger partial charge < -0.3 is 4.98 Å². The summed E-state index contributed by atoms with van der Waals surface area (Å²) in [5.41, 5.74) is 2.37. The van der Waals surface area contributed by atoms with Crippen LogP contribution >= 0.6 is 0 Å². The number of aromatic amines is 1. The minimum absolute atomic E-state index is 0.303. The van der Waals surface area contributed by atoms with E-state index >= 15 is 0 Å². The molecular formula is C9H10N4O. The third-order valence-corrected chi connectivity index (χ3v) is 1.21. The van der Waals surface area contributed by atoms with E-state index in [9.17, 15) is 4.79 Å². The van der Waals surface area contributed by atoms with Gasteiger partial charge in [-0.1, -0.05) is 6.08 Å². The van der Waals surface area contributed by atoms with E-state index in [0.29, 0.717) is 0 Å². The van der Waals surface area contributed by atoms with Crippen molar-refractivity contribution in [3.05, 3.63) is 53.4 Å². The van der Waals surface area contributed by atoms with Gasteiger partial charge in [-0.05, 0) is 18.2 Å². The van der Waals surface area contributed by atoms with Crippen LogP contribution in [0, 0.1) is 0 Å². The largest absolute Gasteiger partial charge is 0.344 e. The summed E-state index contributed by atoms with van der Waals surface area (Å²) in [7, 11) is 0. The predicted molar refractivity (Wildman–Crippen MR) is 54.8 cm³/mol. The molecule has 0 bridgehead atoms. The molecule has 0 amide bonds. The van der Waals surface area contributed by atoms with Crippen molar-refractivity contribution in [1.29, 1.82) is 0 Å². The van der Waals surface area contributed by atoms with E-state index in [2.05, 4.69) is 20.5 Å². The number of hydrogen-bond donors (Lipinski definition) is 2. The Morgan fingerprint density at radius 1 is 1.21 bits per heavy atom. The molecule has 1 aliphatic rings. The SMILES string of the molecule is C1=CC=NNC=C1.O=c1nccc[nH]1. The molecule has 1 aromatic heterocycles. The maximum Gasteiger partial charge on any atom is 0.344 e. The first-order valence-corrected chi connectivity index (χ1v) is 4.00. The summed E-state index contributed by atoms with van der Waals surface area (Å²) < 4.78 is 0. The molecule has 1 aliphatic heterocycles. The van der Waals surface area contributed by atoms with Gasteiger partial charge in [-0.15, -0.1) is 0 Å². The van der Waals surface area contributed by atoms with E-state index in [0.717, 1.165) is 0 Å². The topological polar surface area (TPSA) is 70.1 Å². The van der Waals surface area contributed by atoms with Crippen molar-refractivity contribution in [1.82, 2.24) is 15.4 Å². The highest BCUT2D eigenvalue weighted by Crippen LogP contribution is 1.76. The van der Waals surface area contributed by atoms with Crippen LogP contribution in [0.25, 0.3) is 0 Å². The third kappa shape index (κ3) is 4.66. The lowest BCUT2D eigenvalue weighted by molar-refractivity contribution is 0.980. The molecule has 0 fully saturated rings. The Balaban J connectivity index is 0.000000140. The minimum atomic E-state index is -0.303. The van der Waals surface area contributed by atoms with Crippen molar-refractivity contribution in [3.63, 3.8) is 0 Å². The van der Waals surface area contributed by atoms with Crippen molar-refractivity contribution >= 4 is 6.21 Å². The summed E-state index contributed by atoms with van der Waals surface area (Å²) in [5, 5.41) is 3.72. The van der Waals surface area contributed by atoms with Crippen molar-refractivity contribution in [2.45, 2.75) is 0 Å². The highest BCUT2D eigenvalue weighted by Gasteiger charge is 1.70. The average molecular weight is 190 g/mol. The molecule has 5 heteroatoms. The standard InChI is InChI=1S/C5H6N2.C4H4N2O/c1-2-4-6-7-5-3-1;7-4-5-2-1-3-6-4/h1-6H;1-3H,(H,5,6,7). The maximum atomic E-state index is 10.1. The fourth-order valence-corrected chi connectivity index (χ4v) is 0.652. The second-order valence-corrected chi connectivity index (χ2v) is 2.24. The van der Waals surface area contributed by atoms with Gasteiger partial charge in [0.15, 0.2) is 0 Å². The van der Waals surface area contributed by atoms with Crippen molar-refractivity contribution in [2.75, 3.05) is 0 Å². The first kappa shape index (κ1) is 9.91. The Labute approximate surface area is 80.9 Å². The summed E-state index contributed by atoms with van der Waals surface area (Å²) >= 11 is 0. The molecule has 0 unspecified atom stereocenters. The number of hydrazone groups is 1. The number of allylic oxidation sites excluding steroid dienone is 3. The zero-order valence-electron chi connectivity index (χ0n) is 7.42. The summed E-state index contributed by atoms with van der Waals surface area (Å²) in [6.45, 7) is 0. The Morgan fingerprint density at radius 2 is 2.14 bits per heavy atom. The highest BCUT2D eigenvalue weighted by molar-refractivity contribution is 5.71. The van der Waals surface area contributed by atoms with Crippen LogP contribution in [0.3, 0.4) is 0 Å². The Bertz CT molecular complexity index is 360. The van der Waals surface area contributed by atoms with Crippen LogP contribution in [0.1, 0.15) is 0 Å². The number of hydrogen-bond acceptors (Lipinski definition) is 4. The molecule has 2 heterocycles. The van der Waals surface area contributed by atoms with E-state index in [1.807, 2.05) is 18.2 Å². The number of aromatic nitrogens is 2. The molecule has 0 saturated heterocycles. The highest BCUT2D eigenvalue weighted by atomic mass is 16.1. The summed E-state index contributed by atoms with van der Waals surface area (Å²) in [6, 6.07) is 1.65. The Morgan fingerprint density at radius 3 is 2.79 bits per heavy atom. The van der Waals surface area contributed by atoms with Crippen LogP contribution in [0.15, 0.2) is 52.8 Å². The zero-order chi connectivity index (χ0) is 10.1. The number of H-pyrrole nitrogens is 1. The van der Waals surface area contributed by atoms with Crippen LogP contribution < -0.4 is 11.1 Å². The van der Waals surface area contributed by atoms with E-state index < -0.39 is 0 Å². The van der Waals surface area contributed by atoms with Gasteiger partial charge in [0.25, 0.3) is 0 Å². The van der Waals surface area contributed by atoms with Crippen LogP contribution in [0.2, 0.25) is 0 Å². The molecule has 72 valence electrons. The zero-order valence-corrected chi connectivity index (χ0v) is 7.42. The Hall–Kier alpha value is -2.17. The van der Waals surface area contributed by atoms with Gasteiger partial charge in [-0.2, -0.15) is 5.10 Å². The summed E-state index contributed by atoms with van der Waals surface area (Å²) in [5.74, 6) is 0. The second kappa shape index (κ2) is 6.36. The molecule has 1 aromatic rings. The van der Waals surface area contributed by atoms with Gasteiger partial charge in [-0.3, -0.25) is 5.43 Å². The minimum Gasteiger partial charge on any atom is -0.313 e. The maximum absolute atomic E-state index is 10.1. The van der Waals surface area contributed by atoms with E-state index in [-0.39, 0.29) is 5.69 Å². The molecule has 0 saturated carbocycles.